The van der Waals surface area contributed by atoms with Crippen LogP contribution < -0.4 is 20.9 Å². The van der Waals surface area contributed by atoms with E-state index in [9.17, 15) is 4.79 Å². The van der Waals surface area contributed by atoms with Gasteiger partial charge in [0.1, 0.15) is 11.6 Å². The maximum Gasteiger partial charge on any atom is 0.323 e. The van der Waals surface area contributed by atoms with Crippen molar-refractivity contribution in [1.82, 2.24) is 19.5 Å². The second-order valence-corrected chi connectivity index (χ2v) is 8.59. The molecule has 0 unspecified atom stereocenters. The number of morpholine rings is 1. The van der Waals surface area contributed by atoms with Crippen LogP contribution in [0.5, 0.6) is 0 Å². The Hall–Kier alpha value is -4.88. The van der Waals surface area contributed by atoms with E-state index in [0.717, 1.165) is 67.8 Å². The van der Waals surface area contributed by atoms with Gasteiger partial charge in [-0.3, -0.25) is 4.57 Å². The number of hydrogen-bond donors (Lipinski definition) is 3. The van der Waals surface area contributed by atoms with Crippen molar-refractivity contribution in [2.45, 2.75) is 13.3 Å². The average molecular weight is 525 g/mol. The number of rotatable bonds is 8. The minimum Gasteiger partial charge on any atom is -0.378 e. The molecule has 200 valence electrons. The van der Waals surface area contributed by atoms with Crippen molar-refractivity contribution in [2.24, 2.45) is 0 Å². The second kappa shape index (κ2) is 13.6. The molecular formula is C29H32N8O2. The van der Waals surface area contributed by atoms with Crippen molar-refractivity contribution >= 4 is 29.0 Å². The quantitative estimate of drug-likeness (QED) is 0.282. The molecule has 1 fully saturated rings. The molecule has 0 aliphatic carbocycles. The standard InChI is InChI=1S/C27H30N8O2.C2H2/c1-2-12-29-26-30-13-11-24(33-26)35-15-14-28-25(35)20-3-5-21(6-4-20)31-27(36)32-22-7-9-23(10-8-22)34-16-18-37-19-17-34;1-2/h3-11,13-15H,2,12,16-19H2,1H3,(H,29,30,33)(H2,31,32,36);1-2H. The van der Waals surface area contributed by atoms with Gasteiger partial charge in [-0.15, -0.1) is 12.8 Å². The van der Waals surface area contributed by atoms with Crippen LogP contribution in [0, 0.1) is 12.8 Å². The van der Waals surface area contributed by atoms with Gasteiger partial charge in [-0.2, -0.15) is 4.98 Å². The molecule has 0 spiro atoms. The van der Waals surface area contributed by atoms with Crippen LogP contribution in [0.15, 0.2) is 73.2 Å². The molecule has 1 aliphatic rings. The lowest BCUT2D eigenvalue weighted by atomic mass is 10.2. The van der Waals surface area contributed by atoms with Gasteiger partial charge in [0.15, 0.2) is 0 Å². The third-order valence-electron chi connectivity index (χ3n) is 5.96. The third kappa shape index (κ3) is 7.12. The lowest BCUT2D eigenvalue weighted by Gasteiger charge is -2.28. The van der Waals surface area contributed by atoms with Crippen LogP contribution in [0.4, 0.5) is 27.8 Å². The maximum absolute atomic E-state index is 12.5. The van der Waals surface area contributed by atoms with Gasteiger partial charge in [0, 0.05) is 60.9 Å². The fourth-order valence-electron chi connectivity index (χ4n) is 4.08. The molecule has 1 aliphatic heterocycles. The molecule has 2 aromatic carbocycles. The van der Waals surface area contributed by atoms with E-state index in [1.54, 1.807) is 12.4 Å². The van der Waals surface area contributed by atoms with Crippen LogP contribution in [-0.4, -0.2) is 58.4 Å². The topological polar surface area (TPSA) is 109 Å². The zero-order valence-electron chi connectivity index (χ0n) is 21.9. The van der Waals surface area contributed by atoms with Gasteiger partial charge in [0.05, 0.1) is 13.2 Å². The lowest BCUT2D eigenvalue weighted by Crippen LogP contribution is -2.36. The number of nitrogens with zero attached hydrogens (tertiary/aromatic N) is 5. The fraction of sp³-hybridized carbons (Fsp3) is 0.241. The third-order valence-corrected chi connectivity index (χ3v) is 5.96. The van der Waals surface area contributed by atoms with Gasteiger partial charge in [0.25, 0.3) is 0 Å². The van der Waals surface area contributed by atoms with Crippen molar-refractivity contribution < 1.29 is 9.53 Å². The summed E-state index contributed by atoms with van der Waals surface area (Å²) in [5.41, 5.74) is 3.43. The number of urea groups is 1. The fourth-order valence-corrected chi connectivity index (χ4v) is 4.08. The van der Waals surface area contributed by atoms with Gasteiger partial charge in [0.2, 0.25) is 5.95 Å². The van der Waals surface area contributed by atoms with Crippen molar-refractivity contribution in [3.8, 4) is 30.1 Å². The van der Waals surface area contributed by atoms with E-state index in [2.05, 4.69) is 55.6 Å². The van der Waals surface area contributed by atoms with E-state index in [-0.39, 0.29) is 6.03 Å². The molecule has 2 aromatic heterocycles. The van der Waals surface area contributed by atoms with Gasteiger partial charge in [-0.25, -0.2) is 14.8 Å². The first-order valence-corrected chi connectivity index (χ1v) is 12.7. The largest absolute Gasteiger partial charge is 0.378 e. The second-order valence-electron chi connectivity index (χ2n) is 8.59. The van der Waals surface area contributed by atoms with Crippen LogP contribution in [0.1, 0.15) is 13.3 Å². The zero-order chi connectivity index (χ0) is 27.5. The number of aromatic nitrogens is 4. The van der Waals surface area contributed by atoms with Crippen molar-refractivity contribution in [2.75, 3.05) is 53.7 Å². The van der Waals surface area contributed by atoms with Crippen LogP contribution in [0.25, 0.3) is 17.2 Å². The average Bonchev–Trinajstić information content (AvgIpc) is 3.49. The number of carbonyl (C=O) groups is 1. The Morgan fingerprint density at radius 1 is 0.923 bits per heavy atom. The molecule has 39 heavy (non-hydrogen) atoms. The summed E-state index contributed by atoms with van der Waals surface area (Å²) in [5, 5.41) is 8.97. The highest BCUT2D eigenvalue weighted by Crippen LogP contribution is 2.23. The van der Waals surface area contributed by atoms with Gasteiger partial charge < -0.3 is 25.6 Å². The highest BCUT2D eigenvalue weighted by atomic mass is 16.5. The summed E-state index contributed by atoms with van der Waals surface area (Å²) in [6.45, 7) is 6.13. The smallest absolute Gasteiger partial charge is 0.323 e. The van der Waals surface area contributed by atoms with Gasteiger partial charge >= 0.3 is 6.03 Å². The summed E-state index contributed by atoms with van der Waals surface area (Å²) in [6, 6.07) is 16.9. The Morgan fingerprint density at radius 2 is 1.59 bits per heavy atom. The predicted molar refractivity (Wildman–Crippen MR) is 155 cm³/mol. The summed E-state index contributed by atoms with van der Waals surface area (Å²) < 4.78 is 7.32. The van der Waals surface area contributed by atoms with E-state index in [1.807, 2.05) is 65.4 Å². The molecular weight excluding hydrogens is 492 g/mol. The Kier molecular flexibility index (Phi) is 9.47. The normalized spacial score (nSPS) is 12.6. The number of anilines is 4. The first kappa shape index (κ1) is 27.2. The van der Waals surface area contributed by atoms with Crippen LogP contribution in [-0.2, 0) is 4.74 Å². The summed E-state index contributed by atoms with van der Waals surface area (Å²) in [4.78, 5) is 28.2. The number of benzene rings is 2. The number of ether oxygens (including phenoxy) is 1. The Balaban J connectivity index is 0.00000172. The molecule has 0 radical (unpaired) electrons. The minimum atomic E-state index is -0.304. The van der Waals surface area contributed by atoms with Crippen molar-refractivity contribution in [3.63, 3.8) is 0 Å². The van der Waals surface area contributed by atoms with Gasteiger partial charge in [-0.05, 0) is 61.0 Å². The molecule has 0 atom stereocenters. The van der Waals surface area contributed by atoms with Crippen molar-refractivity contribution in [3.05, 3.63) is 73.2 Å². The molecule has 3 heterocycles. The Morgan fingerprint density at radius 3 is 2.26 bits per heavy atom. The number of imidazole rings is 1. The molecule has 2 amide bonds. The molecule has 4 aromatic rings. The van der Waals surface area contributed by atoms with E-state index < -0.39 is 0 Å². The monoisotopic (exact) mass is 524 g/mol. The number of terminal acetylenes is 1. The lowest BCUT2D eigenvalue weighted by molar-refractivity contribution is 0.122. The molecule has 10 heteroatoms. The highest BCUT2D eigenvalue weighted by molar-refractivity contribution is 5.99. The van der Waals surface area contributed by atoms with E-state index in [1.165, 1.54) is 0 Å². The molecule has 1 saturated heterocycles. The Labute approximate surface area is 228 Å². The molecule has 0 saturated carbocycles. The minimum absolute atomic E-state index is 0.304. The van der Waals surface area contributed by atoms with E-state index >= 15 is 0 Å². The summed E-state index contributed by atoms with van der Waals surface area (Å²) in [6.07, 6.45) is 14.3. The summed E-state index contributed by atoms with van der Waals surface area (Å²) in [7, 11) is 0. The molecule has 0 bridgehead atoms. The summed E-state index contributed by atoms with van der Waals surface area (Å²) >= 11 is 0. The van der Waals surface area contributed by atoms with Gasteiger partial charge in [-0.1, -0.05) is 6.92 Å². The number of amides is 2. The Bertz CT molecular complexity index is 1360. The number of carbonyl (C=O) groups excluding carboxylic acids is 1. The zero-order valence-corrected chi connectivity index (χ0v) is 21.9. The highest BCUT2D eigenvalue weighted by Gasteiger charge is 2.12. The number of nitrogens with one attached hydrogen (secondary N) is 3. The van der Waals surface area contributed by atoms with Crippen molar-refractivity contribution in [1.29, 1.82) is 0 Å². The predicted octanol–water partition coefficient (Wildman–Crippen LogP) is 4.88. The molecule has 10 nitrogen and oxygen atoms in total. The maximum atomic E-state index is 12.5. The van der Waals surface area contributed by atoms with E-state index in [0.29, 0.717) is 11.6 Å². The SMILES string of the molecule is C#C.CCCNc1nccc(-n2ccnc2-c2ccc(NC(=O)Nc3ccc(N4CCOCC4)cc3)cc2)n1. The van der Waals surface area contributed by atoms with Crippen LogP contribution in [0.3, 0.4) is 0 Å². The first-order valence-electron chi connectivity index (χ1n) is 12.7. The van der Waals surface area contributed by atoms with Crippen LogP contribution >= 0.6 is 0 Å². The van der Waals surface area contributed by atoms with Crippen LogP contribution in [0.2, 0.25) is 0 Å². The first-order chi connectivity index (χ1) is 19.2. The number of hydrogen-bond acceptors (Lipinski definition) is 7. The van der Waals surface area contributed by atoms with E-state index in [4.69, 9.17) is 4.74 Å². The summed E-state index contributed by atoms with van der Waals surface area (Å²) in [5.74, 6) is 2.05. The molecule has 5 rings (SSSR count). The molecule has 3 N–H and O–H groups in total.